The molecule has 2 N–H and O–H groups in total. The van der Waals surface area contributed by atoms with Gasteiger partial charge in [-0.2, -0.15) is 10.4 Å². The van der Waals surface area contributed by atoms with Gasteiger partial charge in [-0.3, -0.25) is 9.89 Å². The first-order valence-electron chi connectivity index (χ1n) is 11.2. The van der Waals surface area contributed by atoms with E-state index in [9.17, 15) is 4.79 Å². The minimum absolute atomic E-state index is 0.255. The first kappa shape index (κ1) is 21.9. The number of fused-ring (bicyclic) bond motifs is 1. The van der Waals surface area contributed by atoms with Crippen molar-refractivity contribution in [2.75, 3.05) is 5.32 Å². The van der Waals surface area contributed by atoms with E-state index in [4.69, 9.17) is 5.26 Å². The minimum Gasteiger partial charge on any atom is -0.346 e. The topological polar surface area (TPSA) is 99.4 Å². The number of carbonyl (C=O) groups excluding carboxylic acids is 1. The third kappa shape index (κ3) is 4.72. The van der Waals surface area contributed by atoms with Crippen LogP contribution in [0.4, 0.5) is 5.69 Å². The number of nitrogens with zero attached hydrogens (tertiary/aromatic N) is 4. The van der Waals surface area contributed by atoms with Gasteiger partial charge in [0.25, 0.3) is 0 Å². The van der Waals surface area contributed by atoms with Gasteiger partial charge < -0.3 is 9.88 Å². The third-order valence-corrected chi connectivity index (χ3v) is 5.66. The maximum Gasteiger partial charge on any atom is 0.248 e. The second-order valence-corrected chi connectivity index (χ2v) is 7.94. The lowest BCUT2D eigenvalue weighted by Crippen LogP contribution is -2.09. The van der Waals surface area contributed by atoms with Crippen molar-refractivity contribution in [2.45, 2.75) is 13.0 Å². The Morgan fingerprint density at radius 1 is 1.03 bits per heavy atom. The number of hydrogen-bond donors (Lipinski definition) is 2. The van der Waals surface area contributed by atoms with Crippen molar-refractivity contribution in [3.05, 3.63) is 96.7 Å². The third-order valence-electron chi connectivity index (χ3n) is 5.66. The van der Waals surface area contributed by atoms with Gasteiger partial charge in [0.2, 0.25) is 5.91 Å². The number of para-hydroxylation sites is 2. The van der Waals surface area contributed by atoms with Gasteiger partial charge in [0.05, 0.1) is 18.2 Å². The number of carbonyl (C=O) groups is 1. The maximum absolute atomic E-state index is 12.8. The standard InChI is InChI=1S/C28H22N6O/c29-17-8-18-34-19-21(22-11-5-7-14-25(22)34)15-16-26(35)30-24-13-6-4-12-23(24)28-31-27(32-33-28)20-9-2-1-3-10-20/h1-7,9-16,19H,8,18H2,(H,30,35)(H,31,32,33)/b16-15+. The Kier molecular flexibility index (Phi) is 6.18. The number of amides is 1. The zero-order valence-corrected chi connectivity index (χ0v) is 18.8. The molecule has 0 unspecified atom stereocenters. The quantitative estimate of drug-likeness (QED) is 0.307. The summed E-state index contributed by atoms with van der Waals surface area (Å²) in [7, 11) is 0. The number of aromatic amines is 1. The molecule has 0 atom stereocenters. The molecule has 5 aromatic rings. The van der Waals surface area contributed by atoms with Crippen LogP contribution in [0.15, 0.2) is 91.1 Å². The van der Waals surface area contributed by atoms with Crippen molar-refractivity contribution < 1.29 is 4.79 Å². The molecular formula is C28H22N6O. The average molecular weight is 459 g/mol. The molecule has 0 aliphatic carbocycles. The van der Waals surface area contributed by atoms with Gasteiger partial charge in [-0.1, -0.05) is 60.7 Å². The van der Waals surface area contributed by atoms with Gasteiger partial charge in [0.15, 0.2) is 11.6 Å². The van der Waals surface area contributed by atoms with Crippen molar-refractivity contribution >= 4 is 28.6 Å². The molecule has 35 heavy (non-hydrogen) atoms. The van der Waals surface area contributed by atoms with E-state index in [0.29, 0.717) is 30.3 Å². The zero-order chi connectivity index (χ0) is 24.0. The zero-order valence-electron chi connectivity index (χ0n) is 18.8. The van der Waals surface area contributed by atoms with Crippen LogP contribution in [0.2, 0.25) is 0 Å². The molecule has 0 saturated carbocycles. The Balaban J connectivity index is 1.37. The summed E-state index contributed by atoms with van der Waals surface area (Å²) >= 11 is 0. The summed E-state index contributed by atoms with van der Waals surface area (Å²) in [6.07, 6.45) is 5.71. The molecule has 3 aromatic carbocycles. The summed E-state index contributed by atoms with van der Waals surface area (Å²) in [6.45, 7) is 0.604. The highest BCUT2D eigenvalue weighted by atomic mass is 16.1. The van der Waals surface area contributed by atoms with Crippen LogP contribution < -0.4 is 5.32 Å². The normalized spacial score (nSPS) is 11.1. The van der Waals surface area contributed by atoms with Gasteiger partial charge >= 0.3 is 0 Å². The fraction of sp³-hybridized carbons (Fsp3) is 0.0714. The van der Waals surface area contributed by atoms with E-state index in [1.165, 1.54) is 6.08 Å². The lowest BCUT2D eigenvalue weighted by atomic mass is 10.1. The van der Waals surface area contributed by atoms with Crippen LogP contribution in [0.25, 0.3) is 39.8 Å². The molecule has 2 aromatic heterocycles. The SMILES string of the molecule is N#CCCn1cc(/C=C/C(=O)Nc2ccccc2-c2nc(-c3ccccc3)n[nH]2)c2ccccc21. The van der Waals surface area contributed by atoms with Crippen LogP contribution in [-0.2, 0) is 11.3 Å². The molecule has 0 aliphatic heterocycles. The number of hydrogen-bond acceptors (Lipinski definition) is 4. The summed E-state index contributed by atoms with van der Waals surface area (Å²) in [5, 5.41) is 20.2. The van der Waals surface area contributed by atoms with Crippen LogP contribution in [0.5, 0.6) is 0 Å². The number of rotatable bonds is 7. The minimum atomic E-state index is -0.255. The van der Waals surface area contributed by atoms with E-state index in [0.717, 1.165) is 27.6 Å². The van der Waals surface area contributed by atoms with Crippen molar-refractivity contribution in [1.82, 2.24) is 19.7 Å². The van der Waals surface area contributed by atoms with Crippen molar-refractivity contribution in [3.8, 4) is 28.8 Å². The van der Waals surface area contributed by atoms with E-state index in [-0.39, 0.29) is 5.91 Å². The number of benzene rings is 3. The highest BCUT2D eigenvalue weighted by Gasteiger charge is 2.12. The highest BCUT2D eigenvalue weighted by molar-refractivity contribution is 6.05. The van der Waals surface area contributed by atoms with E-state index < -0.39 is 0 Å². The fourth-order valence-corrected chi connectivity index (χ4v) is 4.00. The Bertz CT molecular complexity index is 1560. The predicted molar refractivity (Wildman–Crippen MR) is 137 cm³/mol. The number of nitriles is 1. The fourth-order valence-electron chi connectivity index (χ4n) is 4.00. The van der Waals surface area contributed by atoms with Crippen molar-refractivity contribution in [3.63, 3.8) is 0 Å². The molecular weight excluding hydrogens is 436 g/mol. The van der Waals surface area contributed by atoms with E-state index >= 15 is 0 Å². The number of nitrogens with one attached hydrogen (secondary N) is 2. The predicted octanol–water partition coefficient (Wildman–Crippen LogP) is 5.66. The largest absolute Gasteiger partial charge is 0.346 e. The Morgan fingerprint density at radius 2 is 1.80 bits per heavy atom. The Labute approximate surface area is 202 Å². The van der Waals surface area contributed by atoms with E-state index in [2.05, 4.69) is 26.6 Å². The van der Waals surface area contributed by atoms with Crippen LogP contribution in [0.1, 0.15) is 12.0 Å². The van der Waals surface area contributed by atoms with Gasteiger partial charge in [0, 0.05) is 46.4 Å². The number of aromatic nitrogens is 4. The molecule has 5 rings (SSSR count). The van der Waals surface area contributed by atoms with E-state index in [1.54, 1.807) is 6.08 Å². The lowest BCUT2D eigenvalue weighted by Gasteiger charge is -2.07. The van der Waals surface area contributed by atoms with Gasteiger partial charge in [-0.05, 0) is 24.3 Å². The highest BCUT2D eigenvalue weighted by Crippen LogP contribution is 2.27. The van der Waals surface area contributed by atoms with Gasteiger partial charge in [-0.15, -0.1) is 0 Å². The monoisotopic (exact) mass is 458 g/mol. The molecule has 0 aliphatic rings. The van der Waals surface area contributed by atoms with Gasteiger partial charge in [0.1, 0.15) is 0 Å². The van der Waals surface area contributed by atoms with Crippen LogP contribution in [0.3, 0.4) is 0 Å². The Hall–Kier alpha value is -4.96. The number of aryl methyl sites for hydroxylation is 1. The molecule has 7 nitrogen and oxygen atoms in total. The molecule has 0 saturated heterocycles. The lowest BCUT2D eigenvalue weighted by molar-refractivity contribution is -0.111. The molecule has 0 spiro atoms. The summed E-state index contributed by atoms with van der Waals surface area (Å²) < 4.78 is 2.04. The second-order valence-electron chi connectivity index (χ2n) is 7.94. The van der Waals surface area contributed by atoms with Crippen LogP contribution in [0, 0.1) is 11.3 Å². The first-order chi connectivity index (χ1) is 17.2. The molecule has 0 fully saturated rings. The van der Waals surface area contributed by atoms with Crippen molar-refractivity contribution in [2.24, 2.45) is 0 Å². The molecule has 170 valence electrons. The number of H-pyrrole nitrogens is 1. The summed E-state index contributed by atoms with van der Waals surface area (Å²) in [5.74, 6) is 0.910. The molecule has 0 bridgehead atoms. The smallest absolute Gasteiger partial charge is 0.248 e. The van der Waals surface area contributed by atoms with Gasteiger partial charge in [-0.25, -0.2) is 4.98 Å². The molecule has 7 heteroatoms. The molecule has 2 heterocycles. The first-order valence-corrected chi connectivity index (χ1v) is 11.2. The molecule has 0 radical (unpaired) electrons. The second kappa shape index (κ2) is 9.89. The summed E-state index contributed by atoms with van der Waals surface area (Å²) in [4.78, 5) is 17.4. The Morgan fingerprint density at radius 3 is 2.66 bits per heavy atom. The van der Waals surface area contributed by atoms with Crippen LogP contribution in [-0.4, -0.2) is 25.7 Å². The number of anilines is 1. The summed E-state index contributed by atoms with van der Waals surface area (Å²) in [6, 6.07) is 27.3. The summed E-state index contributed by atoms with van der Waals surface area (Å²) in [5.41, 5.74) is 4.25. The van der Waals surface area contributed by atoms with Crippen molar-refractivity contribution in [1.29, 1.82) is 5.26 Å². The molecule has 1 amide bonds. The van der Waals surface area contributed by atoms with Crippen LogP contribution >= 0.6 is 0 Å². The van der Waals surface area contributed by atoms with E-state index in [1.807, 2.05) is 89.6 Å². The average Bonchev–Trinajstić information content (AvgIpc) is 3.53. The maximum atomic E-state index is 12.8.